The molecule has 3 aliphatic heterocycles. The number of fused-ring (bicyclic) bond motifs is 3. The predicted molar refractivity (Wildman–Crippen MR) is 94.8 cm³/mol. The summed E-state index contributed by atoms with van der Waals surface area (Å²) in [6.07, 6.45) is 6.97. The zero-order valence-corrected chi connectivity index (χ0v) is 14.2. The van der Waals surface area contributed by atoms with Crippen molar-refractivity contribution in [2.24, 2.45) is 11.8 Å². The van der Waals surface area contributed by atoms with Crippen LogP contribution in [0, 0.1) is 11.8 Å². The second-order valence-corrected chi connectivity index (χ2v) is 6.22. The van der Waals surface area contributed by atoms with Gasteiger partial charge in [0, 0.05) is 24.8 Å². The summed E-state index contributed by atoms with van der Waals surface area (Å²) in [5.74, 6) is 1.71. The Labute approximate surface area is 144 Å². The molecule has 2 bridgehead atoms. The summed E-state index contributed by atoms with van der Waals surface area (Å²) in [6, 6.07) is 10.5. The molecule has 1 aromatic carbocycles. The highest BCUT2D eigenvalue weighted by Crippen LogP contribution is 2.33. The van der Waals surface area contributed by atoms with Gasteiger partial charge in [0.15, 0.2) is 0 Å². The van der Waals surface area contributed by atoms with Crippen LogP contribution < -0.4 is 0 Å². The number of halogens is 2. The Kier molecular flexibility index (Phi) is 5.90. The average Bonchev–Trinajstić information content (AvgIpc) is 2.98. The van der Waals surface area contributed by atoms with E-state index in [0.29, 0.717) is 0 Å². The largest absolute Gasteiger partial charge is 0.303 e. The van der Waals surface area contributed by atoms with Gasteiger partial charge in [-0.3, -0.25) is 4.68 Å². The number of benzene rings is 1. The minimum Gasteiger partial charge on any atom is -0.303 e. The molecule has 3 saturated heterocycles. The molecular weight excluding hydrogens is 317 g/mol. The molecule has 1 atom stereocenters. The van der Waals surface area contributed by atoms with Gasteiger partial charge in [0.05, 0.1) is 6.20 Å². The molecule has 0 amide bonds. The number of nitrogens with zero attached hydrogens (tertiary/aromatic N) is 3. The molecule has 4 heterocycles. The van der Waals surface area contributed by atoms with E-state index in [1.807, 2.05) is 6.20 Å². The molecule has 1 unspecified atom stereocenters. The third-order valence-electron chi connectivity index (χ3n) is 4.95. The number of rotatable bonds is 3. The first kappa shape index (κ1) is 17.3. The number of hydrogen-bond donors (Lipinski definition) is 0. The van der Waals surface area contributed by atoms with Gasteiger partial charge in [0.25, 0.3) is 0 Å². The van der Waals surface area contributed by atoms with Crippen molar-refractivity contribution in [1.82, 2.24) is 14.7 Å². The van der Waals surface area contributed by atoms with Crippen molar-refractivity contribution in [3.8, 4) is 11.1 Å². The molecule has 0 saturated carbocycles. The molecule has 0 N–H and O–H groups in total. The zero-order valence-electron chi connectivity index (χ0n) is 12.6. The standard InChI is InChI=1S/C17H21N3.2ClH/c1-2-4-14(5-3-1)16-10-18-20(12-16)13-17-11-19-8-6-15(17)7-9-19;;/h1-5,10,12,15,17H,6-9,11,13H2;2*1H. The fourth-order valence-electron chi connectivity index (χ4n) is 3.78. The summed E-state index contributed by atoms with van der Waals surface area (Å²) in [4.78, 5) is 2.62. The van der Waals surface area contributed by atoms with Crippen molar-refractivity contribution in [1.29, 1.82) is 0 Å². The summed E-state index contributed by atoms with van der Waals surface area (Å²) < 4.78 is 2.15. The molecule has 2 aromatic rings. The van der Waals surface area contributed by atoms with E-state index in [-0.39, 0.29) is 24.8 Å². The first-order chi connectivity index (χ1) is 9.88. The van der Waals surface area contributed by atoms with E-state index in [4.69, 9.17) is 0 Å². The lowest BCUT2D eigenvalue weighted by molar-refractivity contribution is 0.0405. The first-order valence-electron chi connectivity index (χ1n) is 7.69. The summed E-state index contributed by atoms with van der Waals surface area (Å²) in [5.41, 5.74) is 2.49. The number of aromatic nitrogens is 2. The summed E-state index contributed by atoms with van der Waals surface area (Å²) in [5, 5.41) is 4.57. The Morgan fingerprint density at radius 2 is 1.73 bits per heavy atom. The second-order valence-electron chi connectivity index (χ2n) is 6.22. The highest BCUT2D eigenvalue weighted by molar-refractivity contribution is 5.85. The molecule has 5 rings (SSSR count). The maximum atomic E-state index is 4.57. The minimum absolute atomic E-state index is 0. The zero-order chi connectivity index (χ0) is 13.4. The Bertz CT molecular complexity index is 577. The van der Waals surface area contributed by atoms with Gasteiger partial charge in [0.2, 0.25) is 0 Å². The van der Waals surface area contributed by atoms with E-state index >= 15 is 0 Å². The van der Waals surface area contributed by atoms with E-state index in [1.54, 1.807) is 0 Å². The number of piperidine rings is 3. The lowest BCUT2D eigenvalue weighted by atomic mass is 9.79. The van der Waals surface area contributed by atoms with Gasteiger partial charge in [-0.2, -0.15) is 5.10 Å². The van der Waals surface area contributed by atoms with E-state index in [9.17, 15) is 0 Å². The van der Waals surface area contributed by atoms with Crippen molar-refractivity contribution in [3.63, 3.8) is 0 Å². The number of hydrogen-bond acceptors (Lipinski definition) is 2. The molecule has 3 nitrogen and oxygen atoms in total. The van der Waals surface area contributed by atoms with Crippen LogP contribution in [0.4, 0.5) is 0 Å². The summed E-state index contributed by atoms with van der Waals surface area (Å²) in [7, 11) is 0. The molecule has 22 heavy (non-hydrogen) atoms. The van der Waals surface area contributed by atoms with Gasteiger partial charge in [-0.1, -0.05) is 30.3 Å². The SMILES string of the molecule is Cl.Cl.c1ccc(-c2cnn(CC3CN4CCC3CC4)c2)cc1. The maximum Gasteiger partial charge on any atom is 0.0568 e. The van der Waals surface area contributed by atoms with Gasteiger partial charge in [0.1, 0.15) is 0 Å². The molecule has 3 fully saturated rings. The fourth-order valence-corrected chi connectivity index (χ4v) is 3.78. The first-order valence-corrected chi connectivity index (χ1v) is 7.69. The highest BCUT2D eigenvalue weighted by Gasteiger charge is 2.34. The fraction of sp³-hybridized carbons (Fsp3) is 0.471. The van der Waals surface area contributed by atoms with Gasteiger partial charge < -0.3 is 4.90 Å². The molecular formula is C17H23Cl2N3. The Hall–Kier alpha value is -1.03. The van der Waals surface area contributed by atoms with E-state index in [1.165, 1.54) is 43.6 Å². The molecule has 1 aromatic heterocycles. The van der Waals surface area contributed by atoms with Crippen molar-refractivity contribution in [3.05, 3.63) is 42.7 Å². The lowest BCUT2D eigenvalue weighted by Gasteiger charge is -2.44. The predicted octanol–water partition coefficient (Wildman–Crippen LogP) is 3.74. The van der Waals surface area contributed by atoms with E-state index in [0.717, 1.165) is 18.4 Å². The third-order valence-corrected chi connectivity index (χ3v) is 4.95. The quantitative estimate of drug-likeness (QED) is 0.849. The van der Waals surface area contributed by atoms with Crippen molar-refractivity contribution < 1.29 is 0 Å². The van der Waals surface area contributed by atoms with Crippen LogP contribution in [0.15, 0.2) is 42.7 Å². The third kappa shape index (κ3) is 3.48. The molecule has 120 valence electrons. The molecule has 0 aliphatic carbocycles. The minimum atomic E-state index is 0. The molecule has 0 spiro atoms. The van der Waals surface area contributed by atoms with Crippen molar-refractivity contribution in [2.45, 2.75) is 19.4 Å². The smallest absolute Gasteiger partial charge is 0.0568 e. The van der Waals surface area contributed by atoms with Crippen LogP contribution in [0.25, 0.3) is 11.1 Å². The lowest BCUT2D eigenvalue weighted by Crippen LogP contribution is -2.48. The van der Waals surface area contributed by atoms with E-state index < -0.39 is 0 Å². The Morgan fingerprint density at radius 1 is 1.00 bits per heavy atom. The van der Waals surface area contributed by atoms with Gasteiger partial charge in [-0.15, -0.1) is 24.8 Å². The summed E-state index contributed by atoms with van der Waals surface area (Å²) in [6.45, 7) is 4.98. The Balaban J connectivity index is 0.000000882. The van der Waals surface area contributed by atoms with E-state index in [2.05, 4.69) is 51.2 Å². The van der Waals surface area contributed by atoms with Gasteiger partial charge >= 0.3 is 0 Å². The van der Waals surface area contributed by atoms with Crippen LogP contribution in [0.3, 0.4) is 0 Å². The van der Waals surface area contributed by atoms with Gasteiger partial charge in [-0.25, -0.2) is 0 Å². The Morgan fingerprint density at radius 3 is 2.36 bits per heavy atom. The molecule has 5 heteroatoms. The summed E-state index contributed by atoms with van der Waals surface area (Å²) >= 11 is 0. The van der Waals surface area contributed by atoms with Crippen molar-refractivity contribution >= 4 is 24.8 Å². The highest BCUT2D eigenvalue weighted by atomic mass is 35.5. The normalized spacial score (nSPS) is 26.1. The van der Waals surface area contributed by atoms with Crippen LogP contribution in [-0.4, -0.2) is 34.3 Å². The van der Waals surface area contributed by atoms with Crippen LogP contribution >= 0.6 is 24.8 Å². The van der Waals surface area contributed by atoms with Crippen LogP contribution in [0.2, 0.25) is 0 Å². The van der Waals surface area contributed by atoms with Gasteiger partial charge in [-0.05, 0) is 43.3 Å². The molecule has 0 radical (unpaired) electrons. The second kappa shape index (κ2) is 7.49. The molecule has 3 aliphatic rings. The van der Waals surface area contributed by atoms with Crippen LogP contribution in [0.1, 0.15) is 12.8 Å². The average molecular weight is 340 g/mol. The topological polar surface area (TPSA) is 21.1 Å². The van der Waals surface area contributed by atoms with Crippen LogP contribution in [-0.2, 0) is 6.54 Å². The monoisotopic (exact) mass is 339 g/mol. The maximum absolute atomic E-state index is 4.57. The van der Waals surface area contributed by atoms with Crippen LogP contribution in [0.5, 0.6) is 0 Å². The van der Waals surface area contributed by atoms with Crippen molar-refractivity contribution in [2.75, 3.05) is 19.6 Å².